The van der Waals surface area contributed by atoms with Crippen molar-refractivity contribution in [3.63, 3.8) is 0 Å². The lowest BCUT2D eigenvalue weighted by Gasteiger charge is -1.98. The number of aromatic carboxylic acids is 1. The minimum Gasteiger partial charge on any atom is -0.505 e. The molecule has 0 saturated heterocycles. The fourth-order valence-electron chi connectivity index (χ4n) is 2.16. The van der Waals surface area contributed by atoms with Crippen LogP contribution in [0.3, 0.4) is 0 Å². The Morgan fingerprint density at radius 1 is 1.19 bits per heavy atom. The van der Waals surface area contributed by atoms with Gasteiger partial charge < -0.3 is 15.2 Å². The molecule has 0 saturated carbocycles. The molecule has 0 amide bonds. The number of aromatic hydroxyl groups is 1. The zero-order valence-electron chi connectivity index (χ0n) is 10.8. The summed E-state index contributed by atoms with van der Waals surface area (Å²) < 4.78 is 12.9. The van der Waals surface area contributed by atoms with Gasteiger partial charge in [-0.1, -0.05) is 12.1 Å². The van der Waals surface area contributed by atoms with Crippen LogP contribution in [0.25, 0.3) is 11.0 Å². The Morgan fingerprint density at radius 3 is 2.57 bits per heavy atom. The number of carboxylic acids is 1. The molecule has 3 rings (SSSR count). The molecule has 106 valence electrons. The number of H-pyrrole nitrogens is 1. The van der Waals surface area contributed by atoms with Crippen molar-refractivity contribution in [2.45, 2.75) is 6.42 Å². The lowest BCUT2D eigenvalue weighted by Crippen LogP contribution is -1.96. The maximum Gasteiger partial charge on any atom is 0.339 e. The number of fused-ring (bicyclic) bond motifs is 1. The molecule has 0 aliphatic rings. The Morgan fingerprint density at radius 2 is 1.90 bits per heavy atom. The van der Waals surface area contributed by atoms with E-state index in [9.17, 15) is 14.3 Å². The quantitative estimate of drug-likeness (QED) is 0.691. The van der Waals surface area contributed by atoms with E-state index in [1.165, 1.54) is 18.2 Å². The predicted octanol–water partition coefficient (Wildman–Crippen LogP) is 2.70. The third-order valence-electron chi connectivity index (χ3n) is 3.19. The molecule has 0 bridgehead atoms. The molecule has 3 aromatic rings. The van der Waals surface area contributed by atoms with E-state index in [0.29, 0.717) is 17.8 Å². The first kappa shape index (κ1) is 13.1. The van der Waals surface area contributed by atoms with Gasteiger partial charge in [-0.15, -0.1) is 0 Å². The smallest absolute Gasteiger partial charge is 0.339 e. The number of carboxylic acid groups (broad SMARTS) is 1. The maximum absolute atomic E-state index is 12.9. The van der Waals surface area contributed by atoms with Crippen molar-refractivity contribution in [1.82, 2.24) is 9.97 Å². The molecule has 21 heavy (non-hydrogen) atoms. The monoisotopic (exact) mass is 286 g/mol. The molecule has 0 aliphatic heterocycles. The van der Waals surface area contributed by atoms with E-state index >= 15 is 0 Å². The number of nitrogens with zero attached hydrogens (tertiary/aromatic N) is 1. The predicted molar refractivity (Wildman–Crippen MR) is 73.9 cm³/mol. The molecule has 5 nitrogen and oxygen atoms in total. The van der Waals surface area contributed by atoms with Crippen molar-refractivity contribution >= 4 is 17.0 Å². The highest BCUT2D eigenvalue weighted by atomic mass is 19.1. The molecule has 1 aromatic heterocycles. The molecule has 0 unspecified atom stereocenters. The third kappa shape index (κ3) is 2.43. The average Bonchev–Trinajstić information content (AvgIpc) is 2.85. The topological polar surface area (TPSA) is 86.2 Å². The zero-order chi connectivity index (χ0) is 15.0. The molecule has 2 aromatic carbocycles. The number of aromatic amines is 1. The summed E-state index contributed by atoms with van der Waals surface area (Å²) >= 11 is 0. The Balaban J connectivity index is 1.99. The second-order valence-corrected chi connectivity index (χ2v) is 4.65. The van der Waals surface area contributed by atoms with Gasteiger partial charge in [-0.05, 0) is 29.8 Å². The van der Waals surface area contributed by atoms with E-state index in [1.807, 2.05) is 0 Å². The molecular formula is C15H11FN2O3. The van der Waals surface area contributed by atoms with Crippen molar-refractivity contribution in [1.29, 1.82) is 0 Å². The van der Waals surface area contributed by atoms with Crippen molar-refractivity contribution < 1.29 is 19.4 Å². The van der Waals surface area contributed by atoms with Crippen LogP contribution < -0.4 is 0 Å². The summed E-state index contributed by atoms with van der Waals surface area (Å²) in [6, 6.07) is 8.88. The molecule has 0 fully saturated rings. The molecular weight excluding hydrogens is 275 g/mol. The van der Waals surface area contributed by atoms with E-state index in [-0.39, 0.29) is 22.6 Å². The summed E-state index contributed by atoms with van der Waals surface area (Å²) in [5, 5.41) is 18.9. The SMILES string of the molecule is O=C(O)c1ccc2[nH]c(Cc3ccc(F)cc3)nc2c1O. The number of hydrogen-bond acceptors (Lipinski definition) is 3. The summed E-state index contributed by atoms with van der Waals surface area (Å²) in [6.45, 7) is 0. The average molecular weight is 286 g/mol. The van der Waals surface area contributed by atoms with Crippen molar-refractivity contribution in [2.75, 3.05) is 0 Å². The van der Waals surface area contributed by atoms with E-state index in [2.05, 4.69) is 9.97 Å². The second kappa shape index (κ2) is 4.90. The van der Waals surface area contributed by atoms with Crippen LogP contribution in [0.1, 0.15) is 21.7 Å². The largest absolute Gasteiger partial charge is 0.505 e. The minimum absolute atomic E-state index is 0.192. The number of phenols is 1. The summed E-state index contributed by atoms with van der Waals surface area (Å²) in [7, 11) is 0. The Bertz CT molecular complexity index is 825. The summed E-state index contributed by atoms with van der Waals surface area (Å²) in [5.41, 5.74) is 1.43. The molecule has 0 radical (unpaired) electrons. The van der Waals surface area contributed by atoms with Crippen LogP contribution in [0.5, 0.6) is 5.75 Å². The number of imidazole rings is 1. The first-order chi connectivity index (χ1) is 10.0. The van der Waals surface area contributed by atoms with Gasteiger partial charge in [-0.2, -0.15) is 0 Å². The standard InChI is InChI=1S/C15H11FN2O3/c16-9-3-1-8(2-4-9)7-12-17-11-6-5-10(15(20)21)14(19)13(11)18-12/h1-6,19H,7H2,(H,17,18)(H,20,21). The highest BCUT2D eigenvalue weighted by Gasteiger charge is 2.15. The maximum atomic E-state index is 12.9. The molecule has 3 N–H and O–H groups in total. The Kier molecular flexibility index (Phi) is 3.06. The van der Waals surface area contributed by atoms with Crippen LogP contribution in [-0.4, -0.2) is 26.2 Å². The second-order valence-electron chi connectivity index (χ2n) is 4.65. The van der Waals surface area contributed by atoms with Gasteiger partial charge in [-0.3, -0.25) is 0 Å². The van der Waals surface area contributed by atoms with Crippen LogP contribution in [0.4, 0.5) is 4.39 Å². The number of hydrogen-bond donors (Lipinski definition) is 3. The molecule has 0 spiro atoms. The van der Waals surface area contributed by atoms with E-state index in [0.717, 1.165) is 5.56 Å². The number of rotatable bonds is 3. The first-order valence-electron chi connectivity index (χ1n) is 6.23. The van der Waals surface area contributed by atoms with Gasteiger partial charge in [0.15, 0.2) is 5.75 Å². The van der Waals surface area contributed by atoms with E-state index < -0.39 is 5.97 Å². The Labute approximate surface area is 118 Å². The van der Waals surface area contributed by atoms with E-state index in [1.54, 1.807) is 18.2 Å². The van der Waals surface area contributed by atoms with E-state index in [4.69, 9.17) is 5.11 Å². The summed E-state index contributed by atoms with van der Waals surface area (Å²) in [6.07, 6.45) is 0.427. The normalized spacial score (nSPS) is 10.9. The van der Waals surface area contributed by atoms with Crippen LogP contribution in [0, 0.1) is 5.82 Å². The van der Waals surface area contributed by atoms with Crippen LogP contribution >= 0.6 is 0 Å². The molecule has 6 heteroatoms. The zero-order valence-corrected chi connectivity index (χ0v) is 10.8. The van der Waals surface area contributed by atoms with Gasteiger partial charge in [0.1, 0.15) is 22.7 Å². The van der Waals surface area contributed by atoms with Crippen molar-refractivity contribution in [2.24, 2.45) is 0 Å². The number of carbonyl (C=O) groups is 1. The number of halogens is 1. The first-order valence-corrected chi connectivity index (χ1v) is 6.23. The van der Waals surface area contributed by atoms with Crippen LogP contribution in [0.2, 0.25) is 0 Å². The van der Waals surface area contributed by atoms with Gasteiger partial charge in [-0.25, -0.2) is 14.2 Å². The van der Waals surface area contributed by atoms with Crippen LogP contribution in [0.15, 0.2) is 36.4 Å². The minimum atomic E-state index is -1.21. The van der Waals surface area contributed by atoms with Crippen LogP contribution in [-0.2, 0) is 6.42 Å². The lowest BCUT2D eigenvalue weighted by atomic mass is 10.1. The molecule has 0 atom stereocenters. The molecule has 0 aliphatic carbocycles. The number of nitrogens with one attached hydrogen (secondary N) is 1. The van der Waals surface area contributed by atoms with Gasteiger partial charge in [0.2, 0.25) is 0 Å². The third-order valence-corrected chi connectivity index (χ3v) is 3.19. The number of aromatic nitrogens is 2. The fraction of sp³-hybridized carbons (Fsp3) is 0.0667. The highest BCUT2D eigenvalue weighted by molar-refractivity contribution is 5.97. The van der Waals surface area contributed by atoms with Crippen molar-refractivity contribution in [3.8, 4) is 5.75 Å². The van der Waals surface area contributed by atoms with Gasteiger partial charge in [0.05, 0.1) is 5.52 Å². The Hall–Kier alpha value is -2.89. The van der Waals surface area contributed by atoms with Gasteiger partial charge >= 0.3 is 5.97 Å². The molecule has 1 heterocycles. The summed E-state index contributed by atoms with van der Waals surface area (Å²) in [4.78, 5) is 18.2. The van der Waals surface area contributed by atoms with Gasteiger partial charge in [0.25, 0.3) is 0 Å². The number of benzene rings is 2. The lowest BCUT2D eigenvalue weighted by molar-refractivity contribution is 0.0694. The summed E-state index contributed by atoms with van der Waals surface area (Å²) in [5.74, 6) is -1.32. The van der Waals surface area contributed by atoms with Gasteiger partial charge in [0, 0.05) is 6.42 Å². The van der Waals surface area contributed by atoms with Crippen molar-refractivity contribution in [3.05, 3.63) is 59.2 Å². The fourth-order valence-corrected chi connectivity index (χ4v) is 2.16. The highest BCUT2D eigenvalue weighted by Crippen LogP contribution is 2.27.